The summed E-state index contributed by atoms with van der Waals surface area (Å²) in [5.74, 6) is -0.417. The minimum Gasteiger partial charge on any atom is -0.368 e. The van der Waals surface area contributed by atoms with Gasteiger partial charge in [0.25, 0.3) is 0 Å². The van der Waals surface area contributed by atoms with Gasteiger partial charge in [0.15, 0.2) is 0 Å². The van der Waals surface area contributed by atoms with Gasteiger partial charge in [-0.25, -0.2) is 4.39 Å². The third-order valence-electron chi connectivity index (χ3n) is 2.76. The number of nitrogens with two attached hydrogens (primary N) is 1. The Bertz CT molecular complexity index is 375. The standard InChI is InChI=1S/C11H13Cl2FN2/c12-9-4-7(14)5-10(13)11(9)16-3-1-2-8(15)6-16/h4-5,8H,1-3,6,15H2. The lowest BCUT2D eigenvalue weighted by Crippen LogP contribution is -2.43. The minimum atomic E-state index is -0.417. The molecule has 1 aliphatic rings. The van der Waals surface area contributed by atoms with Crippen LogP contribution in [-0.2, 0) is 0 Å². The van der Waals surface area contributed by atoms with Crippen molar-refractivity contribution in [3.63, 3.8) is 0 Å². The second-order valence-corrected chi connectivity index (χ2v) is 4.88. The van der Waals surface area contributed by atoms with Crippen molar-refractivity contribution < 1.29 is 4.39 Å². The summed E-state index contributed by atoms with van der Waals surface area (Å²) in [6.07, 6.45) is 2.01. The van der Waals surface area contributed by atoms with Gasteiger partial charge in [-0.3, -0.25) is 0 Å². The SMILES string of the molecule is NC1CCCN(c2c(Cl)cc(F)cc2Cl)C1. The van der Waals surface area contributed by atoms with Crippen LogP contribution in [0, 0.1) is 5.82 Å². The van der Waals surface area contributed by atoms with Crippen LogP contribution in [0.15, 0.2) is 12.1 Å². The number of rotatable bonds is 1. The van der Waals surface area contributed by atoms with E-state index in [1.165, 1.54) is 12.1 Å². The van der Waals surface area contributed by atoms with E-state index in [2.05, 4.69) is 0 Å². The molecule has 1 aromatic carbocycles. The summed E-state index contributed by atoms with van der Waals surface area (Å²) in [5, 5.41) is 0.693. The van der Waals surface area contributed by atoms with Gasteiger partial charge in [0.05, 0.1) is 15.7 Å². The fourth-order valence-corrected chi connectivity index (χ4v) is 2.75. The average molecular weight is 263 g/mol. The number of piperidine rings is 1. The molecule has 5 heteroatoms. The highest BCUT2D eigenvalue weighted by Crippen LogP contribution is 2.35. The van der Waals surface area contributed by atoms with Crippen LogP contribution in [0.25, 0.3) is 0 Å². The molecule has 1 fully saturated rings. The zero-order valence-corrected chi connectivity index (χ0v) is 10.2. The summed E-state index contributed by atoms with van der Waals surface area (Å²) in [6, 6.07) is 2.69. The summed E-state index contributed by atoms with van der Waals surface area (Å²) in [4.78, 5) is 2.03. The molecule has 1 saturated heterocycles. The van der Waals surface area contributed by atoms with Crippen LogP contribution < -0.4 is 10.6 Å². The molecule has 2 rings (SSSR count). The van der Waals surface area contributed by atoms with Gasteiger partial charge in [-0.05, 0) is 25.0 Å². The first kappa shape index (κ1) is 12.0. The summed E-state index contributed by atoms with van der Waals surface area (Å²) in [5.41, 5.74) is 6.58. The van der Waals surface area contributed by atoms with Crippen molar-refractivity contribution in [2.24, 2.45) is 5.73 Å². The summed E-state index contributed by atoms with van der Waals surface area (Å²) >= 11 is 12.0. The molecule has 0 amide bonds. The zero-order valence-electron chi connectivity index (χ0n) is 8.72. The number of nitrogens with zero attached hydrogens (tertiary/aromatic N) is 1. The first-order chi connectivity index (χ1) is 7.58. The number of hydrogen-bond acceptors (Lipinski definition) is 2. The van der Waals surface area contributed by atoms with E-state index in [1.807, 2.05) is 4.90 Å². The van der Waals surface area contributed by atoms with E-state index in [1.54, 1.807) is 0 Å². The van der Waals surface area contributed by atoms with Gasteiger partial charge in [0.1, 0.15) is 5.82 Å². The van der Waals surface area contributed by atoms with Crippen molar-refractivity contribution in [1.29, 1.82) is 0 Å². The molecular formula is C11H13Cl2FN2. The Morgan fingerprint density at radius 3 is 2.50 bits per heavy atom. The van der Waals surface area contributed by atoms with E-state index in [-0.39, 0.29) is 6.04 Å². The summed E-state index contributed by atoms with van der Waals surface area (Å²) in [7, 11) is 0. The molecule has 1 aliphatic heterocycles. The Labute approximate surface area is 104 Å². The molecule has 1 heterocycles. The maximum Gasteiger partial charge on any atom is 0.126 e. The molecule has 2 N–H and O–H groups in total. The van der Waals surface area contributed by atoms with Crippen molar-refractivity contribution in [2.45, 2.75) is 18.9 Å². The van der Waals surface area contributed by atoms with E-state index >= 15 is 0 Å². The fourth-order valence-electron chi connectivity index (χ4n) is 2.05. The van der Waals surface area contributed by atoms with Gasteiger partial charge in [0.2, 0.25) is 0 Å². The van der Waals surface area contributed by atoms with Gasteiger partial charge in [0, 0.05) is 19.1 Å². The van der Waals surface area contributed by atoms with E-state index in [9.17, 15) is 4.39 Å². The quantitative estimate of drug-likeness (QED) is 0.843. The number of anilines is 1. The van der Waals surface area contributed by atoms with Gasteiger partial charge in [-0.15, -0.1) is 0 Å². The molecule has 0 bridgehead atoms. The normalized spacial score (nSPS) is 21.2. The second kappa shape index (κ2) is 4.78. The zero-order chi connectivity index (χ0) is 11.7. The first-order valence-electron chi connectivity index (χ1n) is 5.23. The molecule has 16 heavy (non-hydrogen) atoms. The number of hydrogen-bond donors (Lipinski definition) is 1. The largest absolute Gasteiger partial charge is 0.368 e. The Kier molecular flexibility index (Phi) is 3.57. The van der Waals surface area contributed by atoms with Crippen LogP contribution in [0.4, 0.5) is 10.1 Å². The highest BCUT2D eigenvalue weighted by atomic mass is 35.5. The van der Waals surface area contributed by atoms with Gasteiger partial charge in [-0.2, -0.15) is 0 Å². The molecule has 1 atom stereocenters. The molecule has 0 saturated carbocycles. The van der Waals surface area contributed by atoms with Crippen LogP contribution >= 0.6 is 23.2 Å². The third-order valence-corrected chi connectivity index (χ3v) is 3.33. The molecule has 0 aromatic heterocycles. The fraction of sp³-hybridized carbons (Fsp3) is 0.455. The minimum absolute atomic E-state index is 0.130. The highest BCUT2D eigenvalue weighted by molar-refractivity contribution is 6.39. The molecular weight excluding hydrogens is 250 g/mol. The van der Waals surface area contributed by atoms with Crippen molar-refractivity contribution in [1.82, 2.24) is 0 Å². The van der Waals surface area contributed by atoms with E-state index in [0.717, 1.165) is 19.4 Å². The Hall–Kier alpha value is -0.510. The Morgan fingerprint density at radius 1 is 1.31 bits per heavy atom. The lowest BCUT2D eigenvalue weighted by atomic mass is 10.1. The van der Waals surface area contributed by atoms with Gasteiger partial charge >= 0.3 is 0 Å². The lowest BCUT2D eigenvalue weighted by molar-refractivity contribution is 0.506. The van der Waals surface area contributed by atoms with Crippen molar-refractivity contribution in [2.75, 3.05) is 18.0 Å². The topological polar surface area (TPSA) is 29.3 Å². The van der Waals surface area contributed by atoms with Crippen molar-refractivity contribution in [3.8, 4) is 0 Å². The van der Waals surface area contributed by atoms with E-state index in [0.29, 0.717) is 22.3 Å². The molecule has 1 aromatic rings. The Balaban J connectivity index is 2.32. The second-order valence-electron chi connectivity index (χ2n) is 4.07. The maximum atomic E-state index is 13.0. The molecule has 88 valence electrons. The molecule has 2 nitrogen and oxygen atoms in total. The third kappa shape index (κ3) is 2.42. The van der Waals surface area contributed by atoms with Crippen LogP contribution in [0.2, 0.25) is 10.0 Å². The van der Waals surface area contributed by atoms with Crippen molar-refractivity contribution >= 4 is 28.9 Å². The molecule has 0 spiro atoms. The molecule has 1 unspecified atom stereocenters. The first-order valence-corrected chi connectivity index (χ1v) is 5.98. The molecule has 0 aliphatic carbocycles. The monoisotopic (exact) mass is 262 g/mol. The van der Waals surface area contributed by atoms with E-state index in [4.69, 9.17) is 28.9 Å². The number of benzene rings is 1. The average Bonchev–Trinajstić information content (AvgIpc) is 2.15. The molecule has 0 radical (unpaired) electrons. The lowest BCUT2D eigenvalue weighted by Gasteiger charge is -2.33. The van der Waals surface area contributed by atoms with Crippen LogP contribution in [0.3, 0.4) is 0 Å². The van der Waals surface area contributed by atoms with Gasteiger partial charge < -0.3 is 10.6 Å². The maximum absolute atomic E-state index is 13.0. The number of halogens is 3. The summed E-state index contributed by atoms with van der Waals surface area (Å²) in [6.45, 7) is 1.57. The predicted octanol–water partition coefficient (Wildman–Crippen LogP) is 3.06. The van der Waals surface area contributed by atoms with Crippen LogP contribution in [0.5, 0.6) is 0 Å². The van der Waals surface area contributed by atoms with Gasteiger partial charge in [-0.1, -0.05) is 23.2 Å². The highest BCUT2D eigenvalue weighted by Gasteiger charge is 2.21. The van der Waals surface area contributed by atoms with Crippen LogP contribution in [0.1, 0.15) is 12.8 Å². The van der Waals surface area contributed by atoms with Crippen LogP contribution in [-0.4, -0.2) is 19.1 Å². The Morgan fingerprint density at radius 2 is 1.94 bits per heavy atom. The van der Waals surface area contributed by atoms with Crippen molar-refractivity contribution in [3.05, 3.63) is 28.0 Å². The smallest absolute Gasteiger partial charge is 0.126 e. The summed E-state index contributed by atoms with van der Waals surface area (Å²) < 4.78 is 13.0. The van der Waals surface area contributed by atoms with E-state index < -0.39 is 5.82 Å². The predicted molar refractivity (Wildman–Crippen MR) is 65.8 cm³/mol.